The van der Waals surface area contributed by atoms with Crippen LogP contribution in [0.5, 0.6) is 0 Å². The molecule has 0 amide bonds. The Balaban J connectivity index is 1.26. The second-order valence-electron chi connectivity index (χ2n) is 15.0. The molecule has 1 aliphatic carbocycles. The lowest BCUT2D eigenvalue weighted by Crippen LogP contribution is -2.00. The largest absolute Gasteiger partial charge is 0.281 e. The highest BCUT2D eigenvalue weighted by Gasteiger charge is 2.27. The second-order valence-corrected chi connectivity index (χ2v) is 15.9. The summed E-state index contributed by atoms with van der Waals surface area (Å²) in [6, 6.07) is 63.4. The van der Waals surface area contributed by atoms with Crippen LogP contribution in [0.3, 0.4) is 0 Å². The molecule has 1 aliphatic rings. The van der Waals surface area contributed by atoms with Crippen molar-refractivity contribution in [2.24, 2.45) is 0 Å². The summed E-state index contributed by atoms with van der Waals surface area (Å²) in [5, 5.41) is 0. The van der Waals surface area contributed by atoms with Crippen LogP contribution in [-0.4, -0.2) is 14.4 Å². The van der Waals surface area contributed by atoms with Gasteiger partial charge in [-0.1, -0.05) is 170 Å². The fourth-order valence-electron chi connectivity index (χ4n) is 9.10. The molecule has 3 aromatic heterocycles. The van der Waals surface area contributed by atoms with Crippen molar-refractivity contribution in [1.29, 1.82) is 0 Å². The molecule has 0 N–H and O–H groups in total. The summed E-state index contributed by atoms with van der Waals surface area (Å²) in [5.41, 5.74) is 18.0. The Hall–Kier alpha value is -6.62. The first kappa shape index (κ1) is 32.6. The van der Waals surface area contributed by atoms with E-state index >= 15 is 0 Å². The molecule has 0 atom stereocenters. The van der Waals surface area contributed by atoms with E-state index in [1.807, 2.05) is 12.3 Å². The molecule has 0 saturated heterocycles. The number of hydrogen-bond acceptors (Lipinski definition) is 3. The third-order valence-corrected chi connectivity index (χ3v) is 12.6. The summed E-state index contributed by atoms with van der Waals surface area (Å²) in [4.78, 5) is 12.0. The fraction of sp³-hybridized carbons (Fsp3) is 0.0943. The first-order valence-corrected chi connectivity index (χ1v) is 20.7. The highest BCUT2D eigenvalue weighted by atomic mass is 32.1. The van der Waals surface area contributed by atoms with Gasteiger partial charge in [0.1, 0.15) is 4.83 Å². The van der Waals surface area contributed by atoms with E-state index in [0.29, 0.717) is 0 Å². The molecular formula is C53H39N3S. The number of fused-ring (bicyclic) bond motifs is 5. The molecule has 10 aromatic rings. The fourth-order valence-corrected chi connectivity index (χ4v) is 10.1. The molecule has 0 radical (unpaired) electrons. The van der Waals surface area contributed by atoms with Crippen LogP contribution in [0.2, 0.25) is 0 Å². The molecule has 272 valence electrons. The van der Waals surface area contributed by atoms with Crippen LogP contribution in [0.25, 0.3) is 93.1 Å². The maximum Gasteiger partial charge on any atom is 0.197 e. The zero-order valence-corrected chi connectivity index (χ0v) is 32.2. The summed E-state index contributed by atoms with van der Waals surface area (Å²) < 4.78 is 12.2. The molecule has 3 heterocycles. The Bertz CT molecular complexity index is 3010. The van der Waals surface area contributed by atoms with Gasteiger partial charge < -0.3 is 0 Å². The summed E-state index contributed by atoms with van der Waals surface area (Å²) in [6.07, 6.45) is 5.66. The van der Waals surface area contributed by atoms with Gasteiger partial charge in [0, 0.05) is 13.1 Å². The minimum Gasteiger partial charge on any atom is -0.281 e. The predicted molar refractivity (Wildman–Crippen MR) is 240 cm³/mol. The van der Waals surface area contributed by atoms with Gasteiger partial charge in [-0.05, 0) is 116 Å². The Labute approximate surface area is 338 Å². The topological polar surface area (TPSA) is 30.2 Å². The number of benzene rings is 7. The molecule has 3 nitrogen and oxygen atoms in total. The van der Waals surface area contributed by atoms with E-state index in [1.165, 1.54) is 38.9 Å². The van der Waals surface area contributed by atoms with Crippen molar-refractivity contribution in [2.45, 2.75) is 31.6 Å². The van der Waals surface area contributed by atoms with Crippen LogP contribution in [0.1, 0.15) is 38.5 Å². The highest BCUT2D eigenvalue weighted by molar-refractivity contribution is 7.23. The van der Waals surface area contributed by atoms with Crippen molar-refractivity contribution in [3.63, 3.8) is 0 Å². The van der Waals surface area contributed by atoms with Gasteiger partial charge in [0.2, 0.25) is 0 Å². The SMILES string of the molecule is [2H]C1(c2ccc3c(nc4sc5ncccc5n43)c2-c2cccc(-c3c(-c4ccccc4)c(-c4ccccc4)cc(-c4ccccc4)c3-c3ccccc3)c2)CCCC1. The average molecular weight is 751 g/mol. The minimum atomic E-state index is -0.682. The molecule has 0 unspecified atom stereocenters. The number of aromatic nitrogens is 3. The molecule has 0 bridgehead atoms. The number of hydrogen-bond donors (Lipinski definition) is 0. The number of pyridine rings is 1. The lowest BCUT2D eigenvalue weighted by molar-refractivity contribution is 0.726. The van der Waals surface area contributed by atoms with E-state index in [1.54, 1.807) is 11.3 Å². The quantitative estimate of drug-likeness (QED) is 0.162. The molecular weight excluding hydrogens is 711 g/mol. The second kappa shape index (κ2) is 14.1. The number of imidazole rings is 1. The van der Waals surface area contributed by atoms with E-state index in [2.05, 4.69) is 179 Å². The van der Waals surface area contributed by atoms with Gasteiger partial charge in [0.05, 0.1) is 16.6 Å². The zero-order chi connectivity index (χ0) is 38.6. The van der Waals surface area contributed by atoms with Crippen LogP contribution in [-0.2, 0) is 0 Å². The summed E-state index contributed by atoms with van der Waals surface area (Å²) in [5.74, 6) is -0.682. The highest BCUT2D eigenvalue weighted by Crippen LogP contribution is 2.51. The first-order chi connectivity index (χ1) is 28.6. The standard InChI is InChI=1S/C53H39N3S/c1-5-17-36(18-6-1)43-34-44(37-19-7-2-8-20-37)48(39-25-11-4-12-26-39)50(47(43)38-23-9-3-10-24-38)41-28-15-27-40(33-41)49-42(35-21-13-14-22-35)30-31-45-51(49)55-53-56(45)46-29-16-32-54-52(46)57-53/h1-12,15-20,23-35H,13-14,21-22H2/i35D. The molecule has 4 heteroatoms. The maximum absolute atomic E-state index is 9.93. The van der Waals surface area contributed by atoms with E-state index in [9.17, 15) is 1.37 Å². The van der Waals surface area contributed by atoms with E-state index in [4.69, 9.17) is 4.98 Å². The van der Waals surface area contributed by atoms with Crippen molar-refractivity contribution in [3.05, 3.63) is 188 Å². The molecule has 0 aliphatic heterocycles. The van der Waals surface area contributed by atoms with Gasteiger partial charge >= 0.3 is 0 Å². The van der Waals surface area contributed by atoms with Gasteiger partial charge in [-0.25, -0.2) is 9.97 Å². The smallest absolute Gasteiger partial charge is 0.197 e. The number of thiazole rings is 1. The zero-order valence-electron chi connectivity index (χ0n) is 32.4. The Kier molecular flexibility index (Phi) is 8.09. The van der Waals surface area contributed by atoms with Crippen molar-refractivity contribution < 1.29 is 1.37 Å². The monoisotopic (exact) mass is 750 g/mol. The normalized spacial score (nSPS) is 14.1. The molecule has 11 rings (SSSR count). The van der Waals surface area contributed by atoms with E-state index in [-0.39, 0.29) is 0 Å². The van der Waals surface area contributed by atoms with Crippen LogP contribution in [0.15, 0.2) is 182 Å². The number of rotatable bonds is 7. The minimum absolute atomic E-state index is 0.682. The summed E-state index contributed by atoms with van der Waals surface area (Å²) in [7, 11) is 0. The van der Waals surface area contributed by atoms with Crippen LogP contribution in [0, 0.1) is 0 Å². The van der Waals surface area contributed by atoms with Crippen molar-refractivity contribution in [2.75, 3.05) is 0 Å². The van der Waals surface area contributed by atoms with Crippen LogP contribution >= 0.6 is 11.3 Å². The van der Waals surface area contributed by atoms with Gasteiger partial charge in [-0.2, -0.15) is 0 Å². The lowest BCUT2D eigenvalue weighted by Gasteiger charge is -2.25. The molecule has 1 saturated carbocycles. The lowest BCUT2D eigenvalue weighted by atomic mass is 9.78. The number of nitrogens with zero attached hydrogens (tertiary/aromatic N) is 3. The Morgan fingerprint density at radius 2 is 1.04 bits per heavy atom. The predicted octanol–water partition coefficient (Wildman–Crippen LogP) is 14.8. The van der Waals surface area contributed by atoms with Gasteiger partial charge in [0.25, 0.3) is 0 Å². The summed E-state index contributed by atoms with van der Waals surface area (Å²) >= 11 is 1.62. The van der Waals surface area contributed by atoms with Crippen molar-refractivity contribution in [1.82, 2.24) is 14.4 Å². The molecule has 1 fully saturated rings. The van der Waals surface area contributed by atoms with E-state index in [0.717, 1.165) is 85.4 Å². The Morgan fingerprint density at radius 3 is 1.63 bits per heavy atom. The van der Waals surface area contributed by atoms with Gasteiger partial charge in [-0.15, -0.1) is 0 Å². The van der Waals surface area contributed by atoms with Crippen molar-refractivity contribution in [3.8, 4) is 66.8 Å². The van der Waals surface area contributed by atoms with Crippen LogP contribution < -0.4 is 0 Å². The third-order valence-electron chi connectivity index (χ3n) is 11.6. The van der Waals surface area contributed by atoms with Gasteiger partial charge in [0.15, 0.2) is 4.96 Å². The average Bonchev–Trinajstić information content (AvgIpc) is 4.01. The molecule has 7 aromatic carbocycles. The Morgan fingerprint density at radius 1 is 0.491 bits per heavy atom. The maximum atomic E-state index is 9.93. The third kappa shape index (κ3) is 5.79. The molecule has 0 spiro atoms. The van der Waals surface area contributed by atoms with E-state index < -0.39 is 5.89 Å². The molecule has 57 heavy (non-hydrogen) atoms. The van der Waals surface area contributed by atoms with Crippen LogP contribution in [0.4, 0.5) is 0 Å². The van der Waals surface area contributed by atoms with Crippen molar-refractivity contribution >= 4 is 37.7 Å². The first-order valence-electron chi connectivity index (χ1n) is 20.4. The van der Waals surface area contributed by atoms with Gasteiger partial charge in [-0.3, -0.25) is 4.40 Å². The summed E-state index contributed by atoms with van der Waals surface area (Å²) in [6.45, 7) is 0.